The van der Waals surface area contributed by atoms with E-state index >= 15 is 0 Å². The van der Waals surface area contributed by atoms with Crippen molar-refractivity contribution in [2.24, 2.45) is 0 Å². The van der Waals surface area contributed by atoms with Gasteiger partial charge in [-0.1, -0.05) is 35.6 Å². The van der Waals surface area contributed by atoms with Crippen LogP contribution in [0.3, 0.4) is 0 Å². The lowest BCUT2D eigenvalue weighted by molar-refractivity contribution is 0.132. The van der Waals surface area contributed by atoms with Crippen LogP contribution in [0.4, 0.5) is 9.93 Å². The minimum Gasteiger partial charge on any atom is -0.450 e. The number of rotatable bonds is 6. The van der Waals surface area contributed by atoms with Crippen LogP contribution in [-0.4, -0.2) is 33.4 Å². The van der Waals surface area contributed by atoms with E-state index in [0.29, 0.717) is 34.4 Å². The van der Waals surface area contributed by atoms with Crippen molar-refractivity contribution in [2.45, 2.75) is 51.4 Å². The first-order chi connectivity index (χ1) is 12.7. The molecular weight excluding hydrogens is 368 g/mol. The summed E-state index contributed by atoms with van der Waals surface area (Å²) in [5, 5.41) is 7.62. The van der Waals surface area contributed by atoms with Gasteiger partial charge in [-0.2, -0.15) is 0 Å². The van der Waals surface area contributed by atoms with Crippen molar-refractivity contribution in [1.82, 2.24) is 14.7 Å². The lowest BCUT2D eigenvalue weighted by Gasteiger charge is -2.29. The van der Waals surface area contributed by atoms with Gasteiger partial charge < -0.3 is 4.74 Å². The highest BCUT2D eigenvalue weighted by Crippen LogP contribution is 2.42. The van der Waals surface area contributed by atoms with E-state index in [9.17, 15) is 4.79 Å². The number of aromatic nitrogens is 2. The number of hydrogen-bond donors (Lipinski definition) is 1. The van der Waals surface area contributed by atoms with Crippen LogP contribution in [0, 0.1) is 3.95 Å². The van der Waals surface area contributed by atoms with E-state index in [1.165, 1.54) is 35.3 Å². The molecule has 1 heterocycles. The van der Waals surface area contributed by atoms with Crippen molar-refractivity contribution < 1.29 is 9.53 Å². The number of nitrogens with zero attached hydrogens (tertiary/aromatic N) is 3. The summed E-state index contributed by atoms with van der Waals surface area (Å²) in [6.45, 7) is 2.76. The van der Waals surface area contributed by atoms with Gasteiger partial charge in [0.05, 0.1) is 13.3 Å². The molecule has 2 aromatic rings. The summed E-state index contributed by atoms with van der Waals surface area (Å²) in [6, 6.07) is 9.73. The quantitative estimate of drug-likeness (QED) is 0.743. The van der Waals surface area contributed by atoms with Gasteiger partial charge in [0, 0.05) is 12.1 Å². The summed E-state index contributed by atoms with van der Waals surface area (Å²) in [5.74, 6) is 0. The van der Waals surface area contributed by atoms with E-state index in [0.717, 1.165) is 12.8 Å². The van der Waals surface area contributed by atoms with Crippen LogP contribution < -0.4 is 5.32 Å². The summed E-state index contributed by atoms with van der Waals surface area (Å²) in [5.41, 5.74) is 2.89. The number of benzene rings is 1. The lowest BCUT2D eigenvalue weighted by atomic mass is 10.1. The summed E-state index contributed by atoms with van der Waals surface area (Å²) in [4.78, 5) is 14.1. The topological polar surface area (TPSA) is 59.4 Å². The molecule has 0 radical (unpaired) electrons. The molecule has 0 bridgehead atoms. The number of aryl methyl sites for hydroxylation is 1. The lowest BCUT2D eigenvalue weighted by Crippen LogP contribution is -2.32. The highest BCUT2D eigenvalue weighted by Gasteiger charge is 2.37. The Morgan fingerprint density at radius 3 is 3.00 bits per heavy atom. The van der Waals surface area contributed by atoms with E-state index in [1.807, 2.05) is 4.68 Å². The molecule has 1 aromatic heterocycles. The Bertz CT molecular complexity index is 859. The van der Waals surface area contributed by atoms with E-state index in [4.69, 9.17) is 17.0 Å². The molecule has 0 saturated heterocycles. The molecule has 1 amide bonds. The van der Waals surface area contributed by atoms with Crippen LogP contribution in [-0.2, 0) is 17.8 Å². The molecular formula is C18H22N4O2S2. The van der Waals surface area contributed by atoms with Crippen molar-refractivity contribution in [1.29, 1.82) is 0 Å². The molecule has 1 N–H and O–H groups in total. The maximum absolute atomic E-state index is 11.6. The van der Waals surface area contributed by atoms with Crippen LogP contribution in [0.25, 0.3) is 0 Å². The van der Waals surface area contributed by atoms with Gasteiger partial charge in [-0.05, 0) is 56.0 Å². The van der Waals surface area contributed by atoms with E-state index in [2.05, 4.69) is 39.6 Å². The molecule has 0 aliphatic heterocycles. The van der Waals surface area contributed by atoms with Gasteiger partial charge in [0.25, 0.3) is 0 Å². The van der Waals surface area contributed by atoms with Crippen molar-refractivity contribution >= 4 is 34.8 Å². The third kappa shape index (κ3) is 3.67. The maximum Gasteiger partial charge on any atom is 0.413 e. The predicted molar refractivity (Wildman–Crippen MR) is 104 cm³/mol. The molecule has 6 nitrogen and oxygen atoms in total. The SMILES string of the molecule is CCOC(=O)Nc1nn(CN(C2CC2)C2CCc3ccccc32)c(=S)s1. The summed E-state index contributed by atoms with van der Waals surface area (Å²) >= 11 is 6.77. The van der Waals surface area contributed by atoms with E-state index in [-0.39, 0.29) is 0 Å². The van der Waals surface area contributed by atoms with Crippen LogP contribution in [0.1, 0.15) is 43.4 Å². The smallest absolute Gasteiger partial charge is 0.413 e. The monoisotopic (exact) mass is 390 g/mol. The van der Waals surface area contributed by atoms with E-state index < -0.39 is 6.09 Å². The highest BCUT2D eigenvalue weighted by molar-refractivity contribution is 7.73. The zero-order valence-electron chi connectivity index (χ0n) is 14.7. The molecule has 1 fully saturated rings. The van der Waals surface area contributed by atoms with Gasteiger partial charge in [-0.3, -0.25) is 10.2 Å². The Balaban J connectivity index is 1.52. The fourth-order valence-electron chi connectivity index (χ4n) is 3.61. The Labute approximate surface area is 161 Å². The predicted octanol–water partition coefficient (Wildman–Crippen LogP) is 4.35. The third-order valence-electron chi connectivity index (χ3n) is 4.91. The average molecular weight is 391 g/mol. The Morgan fingerprint density at radius 2 is 2.23 bits per heavy atom. The molecule has 1 atom stereocenters. The zero-order chi connectivity index (χ0) is 18.1. The van der Waals surface area contributed by atoms with Crippen molar-refractivity contribution in [3.05, 3.63) is 39.3 Å². The molecule has 2 aliphatic carbocycles. The molecule has 4 rings (SSSR count). The summed E-state index contributed by atoms with van der Waals surface area (Å²) in [6.07, 6.45) is 4.23. The molecule has 0 spiro atoms. The molecule has 26 heavy (non-hydrogen) atoms. The minimum absolute atomic E-state index is 0.328. The minimum atomic E-state index is -0.493. The van der Waals surface area contributed by atoms with Gasteiger partial charge in [-0.25, -0.2) is 9.48 Å². The standard InChI is InChI=1S/C18H22N4O2S2/c1-2-24-17(23)19-16-20-22(18(25)26-16)11-21(13-8-9-13)15-10-7-12-5-3-4-6-14(12)15/h3-6,13,15H,2,7-11H2,1H3,(H,19,20,23). The normalized spacial score (nSPS) is 18.8. The first kappa shape index (κ1) is 17.6. The number of ether oxygens (including phenoxy) is 1. The van der Waals surface area contributed by atoms with Gasteiger partial charge in [0.2, 0.25) is 5.13 Å². The second kappa shape index (κ2) is 7.46. The first-order valence-electron chi connectivity index (χ1n) is 9.01. The number of amides is 1. The van der Waals surface area contributed by atoms with Crippen molar-refractivity contribution in [3.8, 4) is 0 Å². The summed E-state index contributed by atoms with van der Waals surface area (Å²) < 4.78 is 7.39. The van der Waals surface area contributed by atoms with Gasteiger partial charge in [0.15, 0.2) is 3.95 Å². The second-order valence-corrected chi connectivity index (χ2v) is 8.28. The number of carbonyl (C=O) groups is 1. The van der Waals surface area contributed by atoms with E-state index in [1.54, 1.807) is 6.92 Å². The first-order valence-corrected chi connectivity index (χ1v) is 10.2. The third-order valence-corrected chi connectivity index (χ3v) is 6.13. The van der Waals surface area contributed by atoms with Crippen LogP contribution in [0.5, 0.6) is 0 Å². The molecule has 1 saturated carbocycles. The van der Waals surface area contributed by atoms with Crippen molar-refractivity contribution in [2.75, 3.05) is 11.9 Å². The highest BCUT2D eigenvalue weighted by atomic mass is 32.1. The molecule has 1 unspecified atom stereocenters. The fourth-order valence-corrected chi connectivity index (χ4v) is 4.59. The second-order valence-electron chi connectivity index (χ2n) is 6.66. The zero-order valence-corrected chi connectivity index (χ0v) is 16.3. The Hall–Kier alpha value is -1.77. The van der Waals surface area contributed by atoms with Gasteiger partial charge in [-0.15, -0.1) is 5.10 Å². The molecule has 138 valence electrons. The fraction of sp³-hybridized carbons (Fsp3) is 0.500. The average Bonchev–Trinajstić information content (AvgIpc) is 3.28. The number of anilines is 1. The molecule has 2 aliphatic rings. The van der Waals surface area contributed by atoms with Gasteiger partial charge >= 0.3 is 6.09 Å². The number of nitrogens with one attached hydrogen (secondary N) is 1. The number of carbonyl (C=O) groups excluding carboxylic acids is 1. The van der Waals surface area contributed by atoms with Crippen LogP contribution in [0.15, 0.2) is 24.3 Å². The maximum atomic E-state index is 11.6. The molecule has 8 heteroatoms. The molecule has 1 aromatic carbocycles. The van der Waals surface area contributed by atoms with Crippen LogP contribution in [0.2, 0.25) is 0 Å². The Morgan fingerprint density at radius 1 is 1.42 bits per heavy atom. The Kier molecular flexibility index (Phi) is 5.06. The number of fused-ring (bicyclic) bond motifs is 1. The van der Waals surface area contributed by atoms with Gasteiger partial charge in [0.1, 0.15) is 0 Å². The largest absolute Gasteiger partial charge is 0.450 e. The van der Waals surface area contributed by atoms with Crippen molar-refractivity contribution in [3.63, 3.8) is 0 Å². The van der Waals surface area contributed by atoms with Crippen LogP contribution >= 0.6 is 23.6 Å². The number of hydrogen-bond acceptors (Lipinski definition) is 6. The summed E-state index contributed by atoms with van der Waals surface area (Å²) in [7, 11) is 0.